The van der Waals surface area contributed by atoms with E-state index in [-0.39, 0.29) is 5.91 Å². The second kappa shape index (κ2) is 9.96. The van der Waals surface area contributed by atoms with Crippen LogP contribution >= 0.6 is 0 Å². The molecule has 6 heteroatoms. The van der Waals surface area contributed by atoms with Crippen molar-refractivity contribution in [2.75, 3.05) is 37.0 Å². The van der Waals surface area contributed by atoms with Crippen LogP contribution in [0.3, 0.4) is 0 Å². The van der Waals surface area contributed by atoms with Gasteiger partial charge in [0.15, 0.2) is 5.96 Å². The summed E-state index contributed by atoms with van der Waals surface area (Å²) in [6, 6.07) is 18.8. The van der Waals surface area contributed by atoms with E-state index in [2.05, 4.69) is 70.9 Å². The highest BCUT2D eigenvalue weighted by Crippen LogP contribution is 2.21. The van der Waals surface area contributed by atoms with Gasteiger partial charge in [0.05, 0.1) is 0 Å². The van der Waals surface area contributed by atoms with Crippen molar-refractivity contribution < 1.29 is 4.79 Å². The van der Waals surface area contributed by atoms with Crippen LogP contribution in [-0.2, 0) is 11.3 Å². The molecule has 1 amide bonds. The first-order valence-corrected chi connectivity index (χ1v) is 10.2. The van der Waals surface area contributed by atoms with Gasteiger partial charge >= 0.3 is 0 Å². The van der Waals surface area contributed by atoms with E-state index in [9.17, 15) is 4.79 Å². The first-order valence-electron chi connectivity index (χ1n) is 10.2. The van der Waals surface area contributed by atoms with Gasteiger partial charge in [0.2, 0.25) is 5.91 Å². The number of likely N-dealkylation sites (N-methyl/N-ethyl adjacent to an activating group) is 1. The topological polar surface area (TPSA) is 60.0 Å². The average Bonchev–Trinajstić information content (AvgIpc) is 3.20. The summed E-state index contributed by atoms with van der Waals surface area (Å²) in [7, 11) is 3.88. The molecule has 154 valence electrons. The lowest BCUT2D eigenvalue weighted by molar-refractivity contribution is -0.117. The Bertz CT molecular complexity index is 819. The number of guanidine groups is 1. The first-order chi connectivity index (χ1) is 14.1. The number of amides is 1. The van der Waals surface area contributed by atoms with Gasteiger partial charge < -0.3 is 20.4 Å². The summed E-state index contributed by atoms with van der Waals surface area (Å²) in [5.41, 5.74) is 3.33. The van der Waals surface area contributed by atoms with Crippen molar-refractivity contribution in [2.24, 2.45) is 4.99 Å². The van der Waals surface area contributed by atoms with Crippen LogP contribution in [0.4, 0.5) is 11.4 Å². The van der Waals surface area contributed by atoms with E-state index in [0.29, 0.717) is 19.0 Å². The molecule has 2 aromatic carbocycles. The smallest absolute Gasteiger partial charge is 0.227 e. The number of hydrogen-bond acceptors (Lipinski definition) is 3. The fourth-order valence-electron chi connectivity index (χ4n) is 3.42. The molecule has 0 saturated carbocycles. The number of carbonyl (C=O) groups excluding carboxylic acids is 1. The van der Waals surface area contributed by atoms with E-state index < -0.39 is 0 Å². The van der Waals surface area contributed by atoms with E-state index in [4.69, 9.17) is 0 Å². The summed E-state index contributed by atoms with van der Waals surface area (Å²) in [6.45, 7) is 4.46. The summed E-state index contributed by atoms with van der Waals surface area (Å²) >= 11 is 0. The van der Waals surface area contributed by atoms with Crippen LogP contribution in [-0.4, -0.2) is 45.1 Å². The second-order valence-corrected chi connectivity index (χ2v) is 7.42. The maximum Gasteiger partial charge on any atom is 0.227 e. The number of para-hydroxylation sites is 1. The molecule has 1 saturated heterocycles. The van der Waals surface area contributed by atoms with Gasteiger partial charge in [-0.3, -0.25) is 9.79 Å². The number of aliphatic imine (C=N–C) groups is 1. The lowest BCUT2D eigenvalue weighted by Gasteiger charge is -2.27. The standard InChI is InChI=1S/C23H31N5O/c1-18(27(3)20-8-5-4-6-9-20)16-25-23(24-2)26-17-19-11-13-21(14-12-19)28-15-7-10-22(28)29/h4-6,8-9,11-14,18H,7,10,15-17H2,1-3H3,(H2,24,25,26). The Morgan fingerprint density at radius 2 is 1.86 bits per heavy atom. The zero-order valence-corrected chi connectivity index (χ0v) is 17.6. The lowest BCUT2D eigenvalue weighted by Crippen LogP contribution is -2.44. The SMILES string of the molecule is CN=C(NCc1ccc(N2CCCC2=O)cc1)NCC(C)N(C)c1ccccc1. The highest BCUT2D eigenvalue weighted by molar-refractivity contribution is 5.95. The summed E-state index contributed by atoms with van der Waals surface area (Å²) in [6.07, 6.45) is 1.60. The molecule has 1 heterocycles. The number of nitrogens with zero attached hydrogens (tertiary/aromatic N) is 3. The molecule has 1 aliphatic rings. The van der Waals surface area contributed by atoms with Crippen LogP contribution in [0.1, 0.15) is 25.3 Å². The molecule has 3 rings (SSSR count). The molecule has 2 aromatic rings. The summed E-state index contributed by atoms with van der Waals surface area (Å²) < 4.78 is 0. The van der Waals surface area contributed by atoms with E-state index in [0.717, 1.165) is 36.7 Å². The van der Waals surface area contributed by atoms with Crippen molar-refractivity contribution in [3.05, 3.63) is 60.2 Å². The molecular weight excluding hydrogens is 362 g/mol. The maximum absolute atomic E-state index is 11.9. The lowest BCUT2D eigenvalue weighted by atomic mass is 10.2. The van der Waals surface area contributed by atoms with Crippen molar-refractivity contribution in [2.45, 2.75) is 32.4 Å². The van der Waals surface area contributed by atoms with E-state index >= 15 is 0 Å². The van der Waals surface area contributed by atoms with Crippen LogP contribution in [0.2, 0.25) is 0 Å². The zero-order valence-electron chi connectivity index (χ0n) is 17.6. The highest BCUT2D eigenvalue weighted by Gasteiger charge is 2.21. The summed E-state index contributed by atoms with van der Waals surface area (Å²) in [5, 5.41) is 6.75. The summed E-state index contributed by atoms with van der Waals surface area (Å²) in [4.78, 5) is 20.3. The van der Waals surface area contributed by atoms with Gasteiger partial charge in [-0.2, -0.15) is 0 Å². The van der Waals surface area contributed by atoms with E-state index in [1.165, 1.54) is 5.69 Å². The molecule has 1 fully saturated rings. The van der Waals surface area contributed by atoms with Crippen molar-refractivity contribution >= 4 is 23.2 Å². The molecule has 1 aliphatic heterocycles. The number of anilines is 2. The normalized spacial score (nSPS) is 15.3. The van der Waals surface area contributed by atoms with E-state index in [1.54, 1.807) is 7.05 Å². The fourth-order valence-corrected chi connectivity index (χ4v) is 3.42. The predicted molar refractivity (Wildman–Crippen MR) is 121 cm³/mol. The van der Waals surface area contributed by atoms with E-state index in [1.807, 2.05) is 23.1 Å². The average molecular weight is 394 g/mol. The minimum Gasteiger partial charge on any atom is -0.370 e. The maximum atomic E-state index is 11.9. The molecule has 6 nitrogen and oxygen atoms in total. The minimum atomic E-state index is 0.218. The van der Waals surface area contributed by atoms with Crippen molar-refractivity contribution in [3.8, 4) is 0 Å². The molecule has 0 radical (unpaired) electrons. The number of rotatable bonds is 7. The van der Waals surface area contributed by atoms with Gasteiger partial charge in [0.25, 0.3) is 0 Å². The van der Waals surface area contributed by atoms with Crippen LogP contribution < -0.4 is 20.4 Å². The zero-order chi connectivity index (χ0) is 20.6. The summed E-state index contributed by atoms with van der Waals surface area (Å²) in [5.74, 6) is 0.993. The van der Waals surface area contributed by atoms with Gasteiger partial charge in [0, 0.05) is 57.6 Å². The number of nitrogens with one attached hydrogen (secondary N) is 2. The monoisotopic (exact) mass is 393 g/mol. The van der Waals surface area contributed by atoms with Crippen LogP contribution in [0, 0.1) is 0 Å². The molecule has 0 bridgehead atoms. The number of hydrogen-bond donors (Lipinski definition) is 2. The number of carbonyl (C=O) groups is 1. The molecule has 29 heavy (non-hydrogen) atoms. The minimum absolute atomic E-state index is 0.218. The van der Waals surface area contributed by atoms with Gasteiger partial charge in [-0.05, 0) is 43.2 Å². The Balaban J connectivity index is 1.47. The Morgan fingerprint density at radius 1 is 1.14 bits per heavy atom. The molecule has 0 spiro atoms. The van der Waals surface area contributed by atoms with Crippen LogP contribution in [0.15, 0.2) is 59.6 Å². The molecule has 1 unspecified atom stereocenters. The Morgan fingerprint density at radius 3 is 2.48 bits per heavy atom. The highest BCUT2D eigenvalue weighted by atomic mass is 16.2. The number of benzene rings is 2. The molecule has 2 N–H and O–H groups in total. The Hall–Kier alpha value is -3.02. The Labute approximate surface area is 173 Å². The van der Waals surface area contributed by atoms with Gasteiger partial charge in [-0.25, -0.2) is 0 Å². The molecular formula is C23H31N5O. The third-order valence-electron chi connectivity index (χ3n) is 5.39. The first kappa shape index (κ1) is 20.7. The van der Waals surface area contributed by atoms with Crippen LogP contribution in [0.5, 0.6) is 0 Å². The fraction of sp³-hybridized carbons (Fsp3) is 0.391. The van der Waals surface area contributed by atoms with Gasteiger partial charge in [-0.1, -0.05) is 30.3 Å². The Kier molecular flexibility index (Phi) is 7.11. The quantitative estimate of drug-likeness (QED) is 0.561. The van der Waals surface area contributed by atoms with Crippen LogP contribution in [0.25, 0.3) is 0 Å². The second-order valence-electron chi connectivity index (χ2n) is 7.42. The molecule has 0 aromatic heterocycles. The van der Waals surface area contributed by atoms with Crippen molar-refractivity contribution in [1.82, 2.24) is 10.6 Å². The molecule has 0 aliphatic carbocycles. The third-order valence-corrected chi connectivity index (χ3v) is 5.39. The third kappa shape index (κ3) is 5.50. The largest absolute Gasteiger partial charge is 0.370 e. The van der Waals surface area contributed by atoms with Gasteiger partial charge in [-0.15, -0.1) is 0 Å². The van der Waals surface area contributed by atoms with Crippen molar-refractivity contribution in [3.63, 3.8) is 0 Å². The van der Waals surface area contributed by atoms with Gasteiger partial charge in [0.1, 0.15) is 0 Å². The molecule has 1 atom stereocenters. The predicted octanol–water partition coefficient (Wildman–Crippen LogP) is 3.00. The van der Waals surface area contributed by atoms with Crippen molar-refractivity contribution in [1.29, 1.82) is 0 Å².